The minimum Gasteiger partial charge on any atom is -0.457 e. The van der Waals surface area contributed by atoms with Crippen LogP contribution in [-0.4, -0.2) is 4.92 Å². The molecule has 0 bridgehead atoms. The molecule has 0 aliphatic carbocycles. The van der Waals surface area contributed by atoms with Crippen LogP contribution in [0.25, 0.3) is 10.8 Å². The summed E-state index contributed by atoms with van der Waals surface area (Å²) in [6.07, 6.45) is 0.848. The molecule has 4 heteroatoms. The van der Waals surface area contributed by atoms with Crippen molar-refractivity contribution in [3.05, 3.63) is 75.8 Å². The fourth-order valence-corrected chi connectivity index (χ4v) is 3.13. The average Bonchev–Trinajstić information content (AvgIpc) is 2.61. The molecule has 0 spiro atoms. The van der Waals surface area contributed by atoms with Gasteiger partial charge in [0.1, 0.15) is 11.5 Å². The van der Waals surface area contributed by atoms with Crippen LogP contribution in [0.5, 0.6) is 11.5 Å². The first-order valence-corrected chi connectivity index (χ1v) is 8.48. The normalized spacial score (nSPS) is 11.0. The van der Waals surface area contributed by atoms with Crippen LogP contribution in [0.2, 0.25) is 0 Å². The number of hydrogen-bond donors (Lipinski definition) is 0. The Morgan fingerprint density at radius 2 is 1.84 bits per heavy atom. The Kier molecular flexibility index (Phi) is 4.70. The number of nitro benzene ring substituents is 1. The van der Waals surface area contributed by atoms with Gasteiger partial charge >= 0.3 is 0 Å². The Hall–Kier alpha value is -2.88. The minimum absolute atomic E-state index is 0.0474. The third-order valence-electron chi connectivity index (χ3n) is 4.40. The number of nitrogens with zero attached hydrogens (tertiary/aromatic N) is 1. The maximum absolute atomic E-state index is 11.2. The highest BCUT2D eigenvalue weighted by atomic mass is 16.6. The Morgan fingerprint density at radius 3 is 2.52 bits per heavy atom. The molecule has 0 N–H and O–H groups in total. The predicted molar refractivity (Wildman–Crippen MR) is 101 cm³/mol. The Labute approximate surface area is 147 Å². The van der Waals surface area contributed by atoms with Gasteiger partial charge in [-0.25, -0.2) is 0 Å². The number of rotatable bonds is 5. The van der Waals surface area contributed by atoms with E-state index >= 15 is 0 Å². The van der Waals surface area contributed by atoms with Crippen LogP contribution in [0.15, 0.2) is 54.6 Å². The lowest BCUT2D eigenvalue weighted by Crippen LogP contribution is -1.99. The molecular formula is C21H21NO3. The molecule has 3 rings (SSSR count). The molecule has 4 nitrogen and oxygen atoms in total. The van der Waals surface area contributed by atoms with Crippen molar-refractivity contribution >= 4 is 16.5 Å². The van der Waals surface area contributed by atoms with E-state index in [-0.39, 0.29) is 16.5 Å². The van der Waals surface area contributed by atoms with Crippen molar-refractivity contribution in [2.24, 2.45) is 0 Å². The number of ether oxygens (including phenoxy) is 1. The van der Waals surface area contributed by atoms with E-state index in [0.717, 1.165) is 17.7 Å². The summed E-state index contributed by atoms with van der Waals surface area (Å²) < 4.78 is 6.11. The number of nitro groups is 1. The van der Waals surface area contributed by atoms with Gasteiger partial charge in [-0.1, -0.05) is 51.1 Å². The first-order chi connectivity index (χ1) is 12.0. The van der Waals surface area contributed by atoms with Crippen LogP contribution in [0.3, 0.4) is 0 Å². The Bertz CT molecular complexity index is 932. The van der Waals surface area contributed by atoms with E-state index < -0.39 is 0 Å². The third-order valence-corrected chi connectivity index (χ3v) is 4.40. The first kappa shape index (κ1) is 17.0. The summed E-state index contributed by atoms with van der Waals surface area (Å²) >= 11 is 0. The van der Waals surface area contributed by atoms with Gasteiger partial charge in [0, 0.05) is 17.2 Å². The van der Waals surface area contributed by atoms with Crippen molar-refractivity contribution in [3.8, 4) is 11.5 Å². The zero-order valence-corrected chi connectivity index (χ0v) is 14.7. The van der Waals surface area contributed by atoms with Gasteiger partial charge in [-0.3, -0.25) is 10.1 Å². The minimum atomic E-state index is -0.341. The highest BCUT2D eigenvalue weighted by Gasteiger charge is 2.18. The number of fused-ring (bicyclic) bond motifs is 1. The molecule has 0 amide bonds. The summed E-state index contributed by atoms with van der Waals surface area (Å²) in [7, 11) is 0. The standard InChI is InChI=1S/C21H21NO3/c1-4-17-18-8-6-5-7-15(18)9-12-21(17)25-16-10-11-20(22(23)24)19(13-16)14(2)3/h5-14H,4H2,1-3H3. The van der Waals surface area contributed by atoms with Crippen molar-refractivity contribution in [1.29, 1.82) is 0 Å². The topological polar surface area (TPSA) is 52.4 Å². The van der Waals surface area contributed by atoms with Crippen LogP contribution < -0.4 is 4.74 Å². The van der Waals surface area contributed by atoms with E-state index in [1.807, 2.05) is 38.1 Å². The fourth-order valence-electron chi connectivity index (χ4n) is 3.13. The maximum atomic E-state index is 11.2. The summed E-state index contributed by atoms with van der Waals surface area (Å²) in [4.78, 5) is 10.9. The molecule has 0 saturated carbocycles. The lowest BCUT2D eigenvalue weighted by atomic mass is 10.0. The fraction of sp³-hybridized carbons (Fsp3) is 0.238. The van der Waals surface area contributed by atoms with Gasteiger partial charge in [-0.2, -0.15) is 0 Å². The maximum Gasteiger partial charge on any atom is 0.273 e. The average molecular weight is 335 g/mol. The zero-order chi connectivity index (χ0) is 18.0. The second kappa shape index (κ2) is 6.93. The predicted octanol–water partition coefficient (Wildman–Crippen LogP) is 6.23. The highest BCUT2D eigenvalue weighted by molar-refractivity contribution is 5.87. The molecule has 0 aliphatic heterocycles. The van der Waals surface area contributed by atoms with Gasteiger partial charge in [0.05, 0.1) is 4.92 Å². The third kappa shape index (κ3) is 3.33. The van der Waals surface area contributed by atoms with Crippen molar-refractivity contribution in [3.63, 3.8) is 0 Å². The van der Waals surface area contributed by atoms with Gasteiger partial charge in [-0.15, -0.1) is 0 Å². The monoisotopic (exact) mass is 335 g/mol. The molecule has 128 valence electrons. The number of aryl methyl sites for hydroxylation is 1. The van der Waals surface area contributed by atoms with E-state index in [1.165, 1.54) is 16.8 Å². The summed E-state index contributed by atoms with van der Waals surface area (Å²) in [6, 6.07) is 17.2. The van der Waals surface area contributed by atoms with Gasteiger partial charge in [0.2, 0.25) is 0 Å². The van der Waals surface area contributed by atoms with Gasteiger partial charge in [-0.05, 0) is 41.3 Å². The molecule has 0 aromatic heterocycles. The molecule has 0 fully saturated rings. The Morgan fingerprint density at radius 1 is 1.08 bits per heavy atom. The zero-order valence-electron chi connectivity index (χ0n) is 14.7. The van der Waals surface area contributed by atoms with E-state index in [1.54, 1.807) is 12.1 Å². The number of hydrogen-bond acceptors (Lipinski definition) is 3. The van der Waals surface area contributed by atoms with Crippen LogP contribution in [0.4, 0.5) is 5.69 Å². The number of benzene rings is 3. The van der Waals surface area contributed by atoms with Crippen LogP contribution in [0.1, 0.15) is 37.8 Å². The van der Waals surface area contributed by atoms with Crippen molar-refractivity contribution in [2.45, 2.75) is 33.1 Å². The van der Waals surface area contributed by atoms with E-state index in [4.69, 9.17) is 4.74 Å². The van der Waals surface area contributed by atoms with Crippen LogP contribution in [0, 0.1) is 10.1 Å². The molecule has 0 atom stereocenters. The molecule has 0 unspecified atom stereocenters. The summed E-state index contributed by atoms with van der Waals surface area (Å²) in [5, 5.41) is 13.6. The lowest BCUT2D eigenvalue weighted by Gasteiger charge is -2.14. The molecule has 0 saturated heterocycles. The molecule has 25 heavy (non-hydrogen) atoms. The second-order valence-electron chi connectivity index (χ2n) is 6.35. The van der Waals surface area contributed by atoms with Gasteiger partial charge in [0.15, 0.2) is 0 Å². The molecular weight excluding hydrogens is 314 g/mol. The molecule has 3 aromatic carbocycles. The SMILES string of the molecule is CCc1c(Oc2ccc([N+](=O)[O-])c(C(C)C)c2)ccc2ccccc12. The molecule has 3 aromatic rings. The first-order valence-electron chi connectivity index (χ1n) is 8.48. The van der Waals surface area contributed by atoms with Crippen LogP contribution >= 0.6 is 0 Å². The summed E-state index contributed by atoms with van der Waals surface area (Å²) in [6.45, 7) is 5.99. The summed E-state index contributed by atoms with van der Waals surface area (Å²) in [5.41, 5.74) is 1.96. The molecule has 0 radical (unpaired) electrons. The Balaban J connectivity index is 2.04. The van der Waals surface area contributed by atoms with Crippen molar-refractivity contribution < 1.29 is 9.66 Å². The summed E-state index contributed by atoms with van der Waals surface area (Å²) in [5.74, 6) is 1.47. The van der Waals surface area contributed by atoms with E-state index in [9.17, 15) is 10.1 Å². The molecule has 0 heterocycles. The van der Waals surface area contributed by atoms with Crippen molar-refractivity contribution in [1.82, 2.24) is 0 Å². The second-order valence-corrected chi connectivity index (χ2v) is 6.35. The van der Waals surface area contributed by atoms with Crippen molar-refractivity contribution in [2.75, 3.05) is 0 Å². The quantitative estimate of drug-likeness (QED) is 0.410. The lowest BCUT2D eigenvalue weighted by molar-refractivity contribution is -0.385. The van der Waals surface area contributed by atoms with Gasteiger partial charge < -0.3 is 4.74 Å². The smallest absolute Gasteiger partial charge is 0.273 e. The van der Waals surface area contributed by atoms with E-state index in [2.05, 4.69) is 19.1 Å². The largest absolute Gasteiger partial charge is 0.457 e. The molecule has 0 aliphatic rings. The van der Waals surface area contributed by atoms with Crippen LogP contribution in [-0.2, 0) is 6.42 Å². The highest BCUT2D eigenvalue weighted by Crippen LogP contribution is 2.35. The van der Waals surface area contributed by atoms with E-state index in [0.29, 0.717) is 11.3 Å². The van der Waals surface area contributed by atoms with Gasteiger partial charge in [0.25, 0.3) is 5.69 Å².